The predicted octanol–water partition coefficient (Wildman–Crippen LogP) is 0.664. The van der Waals surface area contributed by atoms with E-state index in [0.717, 1.165) is 18.5 Å². The molecule has 1 atom stereocenters. The summed E-state index contributed by atoms with van der Waals surface area (Å²) in [5, 5.41) is 15.4. The first-order valence-corrected chi connectivity index (χ1v) is 6.03. The fourth-order valence-corrected chi connectivity index (χ4v) is 2.36. The first-order chi connectivity index (χ1) is 9.15. The van der Waals surface area contributed by atoms with Crippen LogP contribution in [-0.4, -0.2) is 31.2 Å². The quantitative estimate of drug-likeness (QED) is 0.734. The molecule has 0 saturated heterocycles. The highest BCUT2D eigenvalue weighted by atomic mass is 16.4. The molecule has 0 aromatic carbocycles. The van der Waals surface area contributed by atoms with Gasteiger partial charge in [-0.15, -0.1) is 0 Å². The van der Waals surface area contributed by atoms with Crippen LogP contribution in [0.1, 0.15) is 30.1 Å². The van der Waals surface area contributed by atoms with Gasteiger partial charge in [0.1, 0.15) is 11.6 Å². The lowest BCUT2D eigenvalue weighted by molar-refractivity contribution is -0.139. The molecule has 0 saturated carbocycles. The van der Waals surface area contributed by atoms with Crippen LogP contribution in [0.5, 0.6) is 0 Å². The van der Waals surface area contributed by atoms with E-state index < -0.39 is 11.9 Å². The van der Waals surface area contributed by atoms with E-state index in [4.69, 9.17) is 0 Å². The van der Waals surface area contributed by atoms with Gasteiger partial charge < -0.3 is 10.1 Å². The summed E-state index contributed by atoms with van der Waals surface area (Å²) >= 11 is 0. The van der Waals surface area contributed by atoms with Gasteiger partial charge in [0.25, 0.3) is 5.56 Å². The molecule has 19 heavy (non-hydrogen) atoms. The van der Waals surface area contributed by atoms with E-state index in [1.807, 2.05) is 0 Å². The van der Waals surface area contributed by atoms with Crippen molar-refractivity contribution in [3.8, 4) is 11.5 Å². The fourth-order valence-electron chi connectivity index (χ4n) is 2.36. The van der Waals surface area contributed by atoms with Gasteiger partial charge in [0.05, 0.1) is 5.69 Å². The Morgan fingerprint density at radius 2 is 2.26 bits per heavy atom. The predicted molar refractivity (Wildman–Crippen MR) is 65.8 cm³/mol. The summed E-state index contributed by atoms with van der Waals surface area (Å²) in [6.07, 6.45) is 2.21. The van der Waals surface area contributed by atoms with Gasteiger partial charge in [-0.3, -0.25) is 9.59 Å². The maximum atomic E-state index is 11.2. The number of aromatic nitrogens is 4. The smallest absolute Gasteiger partial charge is 0.312 e. The molecule has 7 heteroatoms. The monoisotopic (exact) mass is 260 g/mol. The zero-order chi connectivity index (χ0) is 13.4. The number of aryl methyl sites for hydroxylation is 1. The largest absolute Gasteiger partial charge is 0.481 e. The average Bonchev–Trinajstić information content (AvgIpc) is 2.82. The minimum Gasteiger partial charge on any atom is -0.481 e. The Bertz CT molecular complexity index is 668. The Hall–Kier alpha value is -2.44. The van der Waals surface area contributed by atoms with Crippen LogP contribution in [0.25, 0.3) is 11.5 Å². The summed E-state index contributed by atoms with van der Waals surface area (Å²) in [6, 6.07) is 2.91. The second-order valence-corrected chi connectivity index (χ2v) is 4.54. The molecule has 2 aromatic heterocycles. The van der Waals surface area contributed by atoms with Crippen molar-refractivity contribution in [3.05, 3.63) is 33.9 Å². The lowest BCUT2D eigenvalue weighted by atomic mass is 9.90. The number of nitrogens with one attached hydrogen (secondary N) is 2. The maximum absolute atomic E-state index is 11.2. The van der Waals surface area contributed by atoms with Gasteiger partial charge in [0, 0.05) is 11.8 Å². The van der Waals surface area contributed by atoms with E-state index in [1.165, 1.54) is 6.07 Å². The highest BCUT2D eigenvalue weighted by molar-refractivity contribution is 5.76. The maximum Gasteiger partial charge on any atom is 0.312 e. The second-order valence-electron chi connectivity index (χ2n) is 4.54. The number of hydrogen-bond donors (Lipinski definition) is 3. The second kappa shape index (κ2) is 4.34. The minimum absolute atomic E-state index is 0.288. The highest BCUT2D eigenvalue weighted by Gasteiger charge is 2.30. The molecule has 7 nitrogen and oxygen atoms in total. The number of aromatic amines is 2. The lowest BCUT2D eigenvalue weighted by Gasteiger charge is -2.16. The number of rotatable bonds is 2. The van der Waals surface area contributed by atoms with Crippen LogP contribution in [0.4, 0.5) is 0 Å². The summed E-state index contributed by atoms with van der Waals surface area (Å²) in [5.41, 5.74) is 1.64. The van der Waals surface area contributed by atoms with Gasteiger partial charge >= 0.3 is 5.97 Å². The Balaban J connectivity index is 2.04. The summed E-state index contributed by atoms with van der Waals surface area (Å²) in [5.74, 6) is -0.917. The number of carbonyl (C=O) groups is 1. The summed E-state index contributed by atoms with van der Waals surface area (Å²) in [6.45, 7) is 0. The lowest BCUT2D eigenvalue weighted by Crippen LogP contribution is -2.17. The molecule has 98 valence electrons. The molecule has 0 amide bonds. The van der Waals surface area contributed by atoms with Crippen LogP contribution in [0.2, 0.25) is 0 Å². The fraction of sp³-hybridized carbons (Fsp3) is 0.333. The van der Waals surface area contributed by atoms with Crippen molar-refractivity contribution in [2.24, 2.45) is 0 Å². The van der Waals surface area contributed by atoms with Crippen molar-refractivity contribution < 1.29 is 9.90 Å². The van der Waals surface area contributed by atoms with Gasteiger partial charge in [0.2, 0.25) is 0 Å². The summed E-state index contributed by atoms with van der Waals surface area (Å²) in [7, 11) is 0. The van der Waals surface area contributed by atoms with Gasteiger partial charge in [-0.05, 0) is 25.3 Å². The zero-order valence-corrected chi connectivity index (χ0v) is 10.0. The van der Waals surface area contributed by atoms with Crippen LogP contribution in [-0.2, 0) is 11.2 Å². The topological polar surface area (TPSA) is 112 Å². The number of carboxylic acids is 1. The van der Waals surface area contributed by atoms with Gasteiger partial charge in [-0.1, -0.05) is 0 Å². The van der Waals surface area contributed by atoms with E-state index in [9.17, 15) is 14.7 Å². The first-order valence-electron chi connectivity index (χ1n) is 6.03. The number of nitrogens with zero attached hydrogens (tertiary/aromatic N) is 2. The molecule has 0 bridgehead atoms. The molecule has 0 radical (unpaired) electrons. The van der Waals surface area contributed by atoms with Crippen molar-refractivity contribution >= 4 is 5.97 Å². The van der Waals surface area contributed by atoms with Crippen LogP contribution in [0, 0.1) is 0 Å². The molecule has 1 unspecified atom stereocenters. The molecule has 2 aromatic rings. The van der Waals surface area contributed by atoms with E-state index in [1.54, 1.807) is 6.07 Å². The Labute approximate surface area is 107 Å². The van der Waals surface area contributed by atoms with Crippen molar-refractivity contribution in [2.75, 3.05) is 0 Å². The molecule has 3 rings (SSSR count). The number of carboxylic acid groups (broad SMARTS) is 1. The third-order valence-electron chi connectivity index (χ3n) is 3.28. The Morgan fingerprint density at radius 3 is 2.95 bits per heavy atom. The van der Waals surface area contributed by atoms with E-state index in [0.29, 0.717) is 23.6 Å². The molecule has 2 heterocycles. The SMILES string of the molecule is O=C(O)C1CCCc2[nH]c(-c3ccc(=O)[nH]n3)nc21. The third kappa shape index (κ3) is 2.03. The van der Waals surface area contributed by atoms with Crippen LogP contribution < -0.4 is 5.56 Å². The molecule has 1 aliphatic rings. The molecule has 0 spiro atoms. The number of hydrogen-bond acceptors (Lipinski definition) is 4. The molecule has 0 fully saturated rings. The van der Waals surface area contributed by atoms with E-state index in [-0.39, 0.29) is 5.56 Å². The van der Waals surface area contributed by atoms with Crippen molar-refractivity contribution in [1.82, 2.24) is 20.2 Å². The number of imidazole rings is 1. The minimum atomic E-state index is -0.853. The van der Waals surface area contributed by atoms with Crippen LogP contribution in [0.15, 0.2) is 16.9 Å². The number of H-pyrrole nitrogens is 2. The van der Waals surface area contributed by atoms with Gasteiger partial charge in [-0.25, -0.2) is 10.1 Å². The summed E-state index contributed by atoms with van der Waals surface area (Å²) in [4.78, 5) is 29.6. The third-order valence-corrected chi connectivity index (χ3v) is 3.28. The Morgan fingerprint density at radius 1 is 1.42 bits per heavy atom. The van der Waals surface area contributed by atoms with Crippen molar-refractivity contribution in [1.29, 1.82) is 0 Å². The highest BCUT2D eigenvalue weighted by Crippen LogP contribution is 2.31. The first kappa shape index (κ1) is 11.6. The summed E-state index contributed by atoms with van der Waals surface area (Å²) < 4.78 is 0. The average molecular weight is 260 g/mol. The van der Waals surface area contributed by atoms with Crippen LogP contribution >= 0.6 is 0 Å². The number of fused-ring (bicyclic) bond motifs is 1. The van der Waals surface area contributed by atoms with Crippen molar-refractivity contribution in [3.63, 3.8) is 0 Å². The van der Waals surface area contributed by atoms with Crippen molar-refractivity contribution in [2.45, 2.75) is 25.2 Å². The zero-order valence-electron chi connectivity index (χ0n) is 10.0. The van der Waals surface area contributed by atoms with E-state index in [2.05, 4.69) is 20.2 Å². The molecule has 0 aliphatic heterocycles. The Kier molecular flexibility index (Phi) is 2.66. The van der Waals surface area contributed by atoms with Gasteiger partial charge in [-0.2, -0.15) is 5.10 Å². The molecule has 3 N–H and O–H groups in total. The molecular formula is C12H12N4O3. The standard InChI is InChI=1S/C12H12N4O3/c17-9-5-4-8(15-16-9)11-13-7-3-1-2-6(12(18)19)10(7)14-11/h4-6H,1-3H2,(H,13,14)(H,16,17)(H,18,19). The molecular weight excluding hydrogens is 248 g/mol. The number of aliphatic carboxylic acids is 1. The van der Waals surface area contributed by atoms with Crippen LogP contribution in [0.3, 0.4) is 0 Å². The van der Waals surface area contributed by atoms with Gasteiger partial charge in [0.15, 0.2) is 5.82 Å². The molecule has 1 aliphatic carbocycles. The normalized spacial score (nSPS) is 18.0. The van der Waals surface area contributed by atoms with E-state index >= 15 is 0 Å².